The van der Waals surface area contributed by atoms with E-state index >= 15 is 0 Å². The minimum absolute atomic E-state index is 0.0946. The van der Waals surface area contributed by atoms with Crippen molar-refractivity contribution in [1.82, 2.24) is 9.97 Å². The van der Waals surface area contributed by atoms with Gasteiger partial charge in [-0.2, -0.15) is 0 Å². The third-order valence-electron chi connectivity index (χ3n) is 6.07. The lowest BCUT2D eigenvalue weighted by Crippen LogP contribution is -2.11. The van der Waals surface area contributed by atoms with Gasteiger partial charge in [0.1, 0.15) is 0 Å². The quantitative estimate of drug-likeness (QED) is 0.494. The fourth-order valence-electron chi connectivity index (χ4n) is 2.70. The minimum Gasteiger partial charge on any atom is -0.503 e. The number of carbonyl (C=O) groups excluding carboxylic acids is 2. The summed E-state index contributed by atoms with van der Waals surface area (Å²) in [5, 5.41) is 17.6. The molecule has 2 aromatic rings. The maximum Gasteiger partial charge on any atom is 0.356 e. The van der Waals surface area contributed by atoms with Crippen LogP contribution in [-0.2, 0) is 9.47 Å². The van der Waals surface area contributed by atoms with Crippen molar-refractivity contribution in [3.8, 4) is 23.0 Å². The fourth-order valence-corrected chi connectivity index (χ4v) is 2.70. The Labute approximate surface area is 216 Å². The first-order chi connectivity index (χ1) is 17.5. The molecule has 2 aliphatic rings. The van der Waals surface area contributed by atoms with Crippen LogP contribution in [0.5, 0.6) is 23.0 Å². The molecule has 2 N–H and O–H groups in total. The normalized spacial score (nSPS) is 15.4. The second kappa shape index (κ2) is 13.1. The number of carbonyl (C=O) groups is 2. The Kier molecular flexibility index (Phi) is 10.5. The number of esters is 2. The number of aliphatic hydroxyl groups excluding tert-OH is 1. The first kappa shape index (κ1) is 29.6. The van der Waals surface area contributed by atoms with Gasteiger partial charge in [-0.3, -0.25) is 0 Å². The van der Waals surface area contributed by atoms with Crippen molar-refractivity contribution in [2.24, 2.45) is 10.8 Å². The topological polar surface area (TPSA) is 147 Å². The van der Waals surface area contributed by atoms with E-state index in [1.807, 2.05) is 0 Å². The predicted molar refractivity (Wildman–Crippen MR) is 133 cm³/mol. The summed E-state index contributed by atoms with van der Waals surface area (Å²) in [6, 6.07) is 2.83. The summed E-state index contributed by atoms with van der Waals surface area (Å²) in [7, 11) is 5.48. The fraction of sp³-hybridized carbons (Fsp3) is 0.538. The maximum atomic E-state index is 11.3. The molecule has 11 heteroatoms. The maximum absolute atomic E-state index is 11.3. The number of pyridine rings is 2. The Balaban J connectivity index is 0.000000220. The van der Waals surface area contributed by atoms with E-state index in [2.05, 4.69) is 33.3 Å². The summed E-state index contributed by atoms with van der Waals surface area (Å²) < 4.78 is 24.7. The lowest BCUT2D eigenvalue weighted by Gasteiger charge is -2.13. The summed E-state index contributed by atoms with van der Waals surface area (Å²) in [6.07, 6.45) is 7.45. The molecule has 11 nitrogen and oxygen atoms in total. The highest BCUT2D eigenvalue weighted by Crippen LogP contribution is 2.45. The molecule has 2 aromatic heterocycles. The van der Waals surface area contributed by atoms with Crippen molar-refractivity contribution in [2.75, 3.05) is 41.7 Å². The van der Waals surface area contributed by atoms with Crippen molar-refractivity contribution in [1.29, 1.82) is 0 Å². The number of aliphatic hydroxyl groups is 1. The molecule has 0 atom stereocenters. The monoisotopic (exact) mass is 520 g/mol. The summed E-state index contributed by atoms with van der Waals surface area (Å²) in [4.78, 5) is 30.0. The van der Waals surface area contributed by atoms with E-state index < -0.39 is 11.9 Å². The third-order valence-corrected chi connectivity index (χ3v) is 6.07. The smallest absolute Gasteiger partial charge is 0.356 e. The van der Waals surface area contributed by atoms with E-state index in [0.717, 1.165) is 6.20 Å². The van der Waals surface area contributed by atoms with Crippen LogP contribution in [0.1, 0.15) is 60.5 Å². The third kappa shape index (κ3) is 9.09. The Hall–Kier alpha value is -3.60. The van der Waals surface area contributed by atoms with Crippen LogP contribution < -0.4 is 14.2 Å². The van der Waals surface area contributed by atoms with Crippen LogP contribution in [0.15, 0.2) is 24.5 Å². The van der Waals surface area contributed by atoms with Crippen LogP contribution in [0.25, 0.3) is 0 Å². The van der Waals surface area contributed by atoms with Gasteiger partial charge in [0.15, 0.2) is 34.4 Å². The van der Waals surface area contributed by atoms with Crippen molar-refractivity contribution in [3.05, 3.63) is 35.9 Å². The second-order valence-corrected chi connectivity index (χ2v) is 9.51. The molecule has 0 saturated heterocycles. The molecule has 0 aliphatic heterocycles. The highest BCUT2D eigenvalue weighted by molar-refractivity contribution is 5.88. The van der Waals surface area contributed by atoms with E-state index in [1.54, 1.807) is 0 Å². The summed E-state index contributed by atoms with van der Waals surface area (Å²) in [6.45, 7) is 5.30. The molecule has 4 rings (SSSR count). The number of aromatic nitrogens is 2. The zero-order valence-electron chi connectivity index (χ0n) is 22.2. The Bertz CT molecular complexity index is 1070. The summed E-state index contributed by atoms with van der Waals surface area (Å²) in [5.41, 5.74) is 0.933. The van der Waals surface area contributed by atoms with Gasteiger partial charge in [-0.1, -0.05) is 13.8 Å². The van der Waals surface area contributed by atoms with Crippen molar-refractivity contribution in [3.63, 3.8) is 0 Å². The molecule has 0 radical (unpaired) electrons. The predicted octanol–water partition coefficient (Wildman–Crippen LogP) is 3.42. The highest BCUT2D eigenvalue weighted by Gasteiger charge is 2.38. The van der Waals surface area contributed by atoms with Crippen LogP contribution >= 0.6 is 0 Å². The van der Waals surface area contributed by atoms with Crippen LogP contribution in [0.4, 0.5) is 0 Å². The SMILES string of the molecule is CC1(CO)CC1.COC(=O)c1cc(OC)c(O)cn1.COC(=O)c1cc(OC)c(OCC2(C)CC2)cn1. The Morgan fingerprint density at radius 2 is 1.30 bits per heavy atom. The number of aromatic hydroxyl groups is 1. The molecular weight excluding hydrogens is 484 g/mol. The Morgan fingerprint density at radius 3 is 1.70 bits per heavy atom. The molecule has 0 amide bonds. The average Bonchev–Trinajstić information content (AvgIpc) is 3.85. The Morgan fingerprint density at radius 1 is 0.811 bits per heavy atom. The van der Waals surface area contributed by atoms with Crippen LogP contribution in [-0.4, -0.2) is 73.8 Å². The van der Waals surface area contributed by atoms with E-state index in [1.165, 1.54) is 72.5 Å². The van der Waals surface area contributed by atoms with Gasteiger partial charge in [0.2, 0.25) is 0 Å². The van der Waals surface area contributed by atoms with Gasteiger partial charge in [0.05, 0.1) is 47.4 Å². The molecule has 2 saturated carbocycles. The van der Waals surface area contributed by atoms with Crippen LogP contribution in [0, 0.1) is 10.8 Å². The van der Waals surface area contributed by atoms with Gasteiger partial charge in [-0.25, -0.2) is 19.6 Å². The lowest BCUT2D eigenvalue weighted by atomic mass is 10.2. The number of hydrogen-bond donors (Lipinski definition) is 2. The number of ether oxygens (including phenoxy) is 5. The van der Waals surface area contributed by atoms with Crippen LogP contribution in [0.3, 0.4) is 0 Å². The molecule has 2 aliphatic carbocycles. The van der Waals surface area contributed by atoms with Gasteiger partial charge in [-0.05, 0) is 31.1 Å². The lowest BCUT2D eigenvalue weighted by molar-refractivity contribution is 0.0584. The van der Waals surface area contributed by atoms with Crippen LogP contribution in [0.2, 0.25) is 0 Å². The van der Waals surface area contributed by atoms with Gasteiger partial charge in [0, 0.05) is 24.2 Å². The number of methoxy groups -OCH3 is 4. The van der Waals surface area contributed by atoms with Gasteiger partial charge >= 0.3 is 11.9 Å². The average molecular weight is 521 g/mol. The standard InChI is InChI=1S/C13H17NO4.C8H9NO4.C5H10O/c1-13(4-5-13)8-18-11-7-14-9(12(15)17-3)6-10(11)16-2;1-12-7-3-5(8(11)13-2)9-4-6(7)10;1-5(4-6)2-3-5/h6-7H,4-5,8H2,1-3H3;3-4,10H,1-2H3;6H,2-4H2,1H3. The van der Waals surface area contributed by atoms with Crippen molar-refractivity contribution in [2.45, 2.75) is 39.5 Å². The summed E-state index contributed by atoms with van der Waals surface area (Å²) in [5.74, 6) is 0.0609. The molecule has 0 unspecified atom stereocenters. The van der Waals surface area contributed by atoms with Gasteiger partial charge in [0.25, 0.3) is 0 Å². The molecule has 204 valence electrons. The first-order valence-electron chi connectivity index (χ1n) is 11.7. The minimum atomic E-state index is -0.571. The molecule has 37 heavy (non-hydrogen) atoms. The molecule has 0 spiro atoms. The zero-order valence-corrected chi connectivity index (χ0v) is 22.2. The number of hydrogen-bond acceptors (Lipinski definition) is 11. The van der Waals surface area contributed by atoms with E-state index in [0.29, 0.717) is 30.1 Å². The highest BCUT2D eigenvalue weighted by atomic mass is 16.5. The zero-order chi connectivity index (χ0) is 27.6. The number of nitrogens with zero attached hydrogens (tertiary/aromatic N) is 2. The first-order valence-corrected chi connectivity index (χ1v) is 11.7. The second-order valence-electron chi connectivity index (χ2n) is 9.51. The molecule has 0 aromatic carbocycles. The number of rotatable bonds is 8. The van der Waals surface area contributed by atoms with Gasteiger partial charge < -0.3 is 33.9 Å². The summed E-state index contributed by atoms with van der Waals surface area (Å²) >= 11 is 0. The molecular formula is C26H36N2O9. The molecule has 2 heterocycles. The van der Waals surface area contributed by atoms with E-state index in [9.17, 15) is 9.59 Å². The largest absolute Gasteiger partial charge is 0.503 e. The van der Waals surface area contributed by atoms with E-state index in [-0.39, 0.29) is 28.3 Å². The molecule has 2 fully saturated rings. The van der Waals surface area contributed by atoms with E-state index in [4.69, 9.17) is 24.4 Å². The van der Waals surface area contributed by atoms with Crippen molar-refractivity contribution < 1.29 is 43.5 Å². The van der Waals surface area contributed by atoms with Crippen molar-refractivity contribution >= 4 is 11.9 Å². The molecule has 0 bridgehead atoms. The van der Waals surface area contributed by atoms with Gasteiger partial charge in [-0.15, -0.1) is 0 Å².